The summed E-state index contributed by atoms with van der Waals surface area (Å²) in [7, 11) is 0. The highest BCUT2D eigenvalue weighted by molar-refractivity contribution is 5.61. The summed E-state index contributed by atoms with van der Waals surface area (Å²) in [5.74, 6) is 2.25. The van der Waals surface area contributed by atoms with Crippen LogP contribution in [0, 0.1) is 0 Å². The number of benzene rings is 1. The largest absolute Gasteiger partial charge is 0.378 e. The third-order valence-corrected chi connectivity index (χ3v) is 6.39. The van der Waals surface area contributed by atoms with E-state index in [1.165, 1.54) is 44.2 Å². The van der Waals surface area contributed by atoms with Crippen LogP contribution in [0.15, 0.2) is 24.3 Å². The van der Waals surface area contributed by atoms with Crippen molar-refractivity contribution in [2.24, 2.45) is 0 Å². The quantitative estimate of drug-likeness (QED) is 0.784. The van der Waals surface area contributed by atoms with Gasteiger partial charge in [0.2, 0.25) is 17.8 Å². The van der Waals surface area contributed by atoms with Gasteiger partial charge in [-0.15, -0.1) is 0 Å². The number of hydrogen-bond acceptors (Lipinski definition) is 8. The number of piperidine rings is 2. The van der Waals surface area contributed by atoms with Gasteiger partial charge >= 0.3 is 0 Å². The van der Waals surface area contributed by atoms with Crippen LogP contribution in [0.5, 0.6) is 0 Å². The van der Waals surface area contributed by atoms with E-state index in [0.29, 0.717) is 5.95 Å². The van der Waals surface area contributed by atoms with E-state index in [9.17, 15) is 0 Å². The Labute approximate surface area is 184 Å². The summed E-state index contributed by atoms with van der Waals surface area (Å²) in [6.07, 6.45) is 7.41. The third kappa shape index (κ3) is 5.01. The van der Waals surface area contributed by atoms with Crippen LogP contribution < -0.4 is 20.0 Å². The molecule has 1 aromatic heterocycles. The highest BCUT2D eigenvalue weighted by Crippen LogP contribution is 2.25. The molecule has 2 aromatic rings. The minimum absolute atomic E-state index is 0.635. The molecule has 0 saturated carbocycles. The molecule has 0 amide bonds. The molecule has 31 heavy (non-hydrogen) atoms. The van der Waals surface area contributed by atoms with E-state index in [1.807, 2.05) is 0 Å². The van der Waals surface area contributed by atoms with Gasteiger partial charge in [-0.3, -0.25) is 0 Å². The number of anilines is 5. The average molecular weight is 424 g/mol. The Hall–Kier alpha value is -2.61. The highest BCUT2D eigenvalue weighted by Gasteiger charge is 2.20. The second-order valence-corrected chi connectivity index (χ2v) is 8.63. The first-order chi connectivity index (χ1) is 15.3. The fourth-order valence-electron chi connectivity index (χ4n) is 4.59. The fourth-order valence-corrected chi connectivity index (χ4v) is 4.59. The van der Waals surface area contributed by atoms with Crippen molar-refractivity contribution in [3.63, 3.8) is 0 Å². The summed E-state index contributed by atoms with van der Waals surface area (Å²) < 4.78 is 5.46. The van der Waals surface area contributed by atoms with E-state index >= 15 is 0 Å². The summed E-state index contributed by atoms with van der Waals surface area (Å²) in [6, 6.07) is 8.53. The van der Waals surface area contributed by atoms with E-state index in [4.69, 9.17) is 19.7 Å². The van der Waals surface area contributed by atoms with Crippen molar-refractivity contribution in [3.8, 4) is 0 Å². The molecule has 3 fully saturated rings. The number of rotatable bonds is 5. The van der Waals surface area contributed by atoms with Crippen molar-refractivity contribution in [3.05, 3.63) is 24.3 Å². The Morgan fingerprint density at radius 2 is 1.16 bits per heavy atom. The van der Waals surface area contributed by atoms with Crippen LogP contribution in [0.1, 0.15) is 38.5 Å². The lowest BCUT2D eigenvalue weighted by molar-refractivity contribution is 0.122. The molecule has 8 heteroatoms. The first kappa shape index (κ1) is 20.3. The molecule has 0 aliphatic carbocycles. The average Bonchev–Trinajstić information content (AvgIpc) is 2.86. The fraction of sp³-hybridized carbons (Fsp3) is 0.609. The van der Waals surface area contributed by atoms with Crippen LogP contribution in [-0.2, 0) is 4.74 Å². The Morgan fingerprint density at radius 3 is 1.71 bits per heavy atom. The summed E-state index contributed by atoms with van der Waals surface area (Å²) in [5, 5.41) is 3.43. The molecule has 0 atom stereocenters. The van der Waals surface area contributed by atoms with Gasteiger partial charge in [0.25, 0.3) is 0 Å². The Balaban J connectivity index is 1.36. The van der Waals surface area contributed by atoms with Crippen molar-refractivity contribution in [2.45, 2.75) is 38.5 Å². The Kier molecular flexibility index (Phi) is 6.34. The number of morpholine rings is 1. The topological polar surface area (TPSA) is 69.7 Å². The molecule has 4 heterocycles. The summed E-state index contributed by atoms with van der Waals surface area (Å²) >= 11 is 0. The summed E-state index contributed by atoms with van der Waals surface area (Å²) in [4.78, 5) is 21.4. The minimum Gasteiger partial charge on any atom is -0.378 e. The molecule has 0 spiro atoms. The van der Waals surface area contributed by atoms with Crippen molar-refractivity contribution < 1.29 is 4.74 Å². The molecule has 3 saturated heterocycles. The number of aromatic nitrogens is 3. The predicted octanol–water partition coefficient (Wildman–Crippen LogP) is 3.43. The lowest BCUT2D eigenvalue weighted by Gasteiger charge is -2.30. The highest BCUT2D eigenvalue weighted by atomic mass is 16.5. The van der Waals surface area contributed by atoms with Gasteiger partial charge in [0, 0.05) is 50.6 Å². The zero-order valence-corrected chi connectivity index (χ0v) is 18.3. The lowest BCUT2D eigenvalue weighted by Crippen LogP contribution is -2.36. The molecule has 0 radical (unpaired) electrons. The van der Waals surface area contributed by atoms with E-state index in [-0.39, 0.29) is 0 Å². The molecule has 8 nitrogen and oxygen atoms in total. The van der Waals surface area contributed by atoms with Crippen LogP contribution in [0.4, 0.5) is 29.2 Å². The standard InChI is InChI=1S/C23H33N7O/c1-3-11-29(12-4-1)22-25-21(26-23(27-22)30-13-5-2-6-14-30)24-19-7-9-20(10-8-19)28-15-17-31-18-16-28/h7-10H,1-6,11-18H2,(H,24,25,26,27). The third-order valence-electron chi connectivity index (χ3n) is 6.39. The van der Waals surface area contributed by atoms with Gasteiger partial charge in [-0.05, 0) is 62.8 Å². The van der Waals surface area contributed by atoms with Gasteiger partial charge in [-0.1, -0.05) is 0 Å². The second-order valence-electron chi connectivity index (χ2n) is 8.63. The smallest absolute Gasteiger partial charge is 0.233 e. The molecule has 166 valence electrons. The van der Waals surface area contributed by atoms with Crippen LogP contribution in [-0.4, -0.2) is 67.4 Å². The molecular formula is C23H33N7O. The molecular weight excluding hydrogens is 390 g/mol. The minimum atomic E-state index is 0.635. The summed E-state index contributed by atoms with van der Waals surface area (Å²) in [6.45, 7) is 7.58. The van der Waals surface area contributed by atoms with Crippen molar-refractivity contribution >= 4 is 29.2 Å². The first-order valence-electron chi connectivity index (χ1n) is 11.8. The second kappa shape index (κ2) is 9.68. The van der Waals surface area contributed by atoms with Gasteiger partial charge < -0.3 is 24.8 Å². The zero-order chi connectivity index (χ0) is 20.9. The van der Waals surface area contributed by atoms with Crippen molar-refractivity contribution in [2.75, 3.05) is 72.5 Å². The SMILES string of the molecule is c1cc(N2CCOCC2)ccc1Nc1nc(N2CCCCC2)nc(N2CCCCC2)n1. The summed E-state index contributed by atoms with van der Waals surface area (Å²) in [5.41, 5.74) is 2.23. The van der Waals surface area contributed by atoms with Gasteiger partial charge in [-0.25, -0.2) is 0 Å². The van der Waals surface area contributed by atoms with E-state index in [1.54, 1.807) is 0 Å². The van der Waals surface area contributed by atoms with Gasteiger partial charge in [0.15, 0.2) is 0 Å². The normalized spacial score (nSPS) is 20.1. The number of nitrogens with one attached hydrogen (secondary N) is 1. The van der Waals surface area contributed by atoms with E-state index < -0.39 is 0 Å². The maximum Gasteiger partial charge on any atom is 0.233 e. The number of nitrogens with zero attached hydrogens (tertiary/aromatic N) is 6. The Morgan fingerprint density at radius 1 is 0.613 bits per heavy atom. The van der Waals surface area contributed by atoms with Gasteiger partial charge in [-0.2, -0.15) is 15.0 Å². The molecule has 0 unspecified atom stereocenters. The molecule has 3 aliphatic rings. The van der Waals surface area contributed by atoms with Crippen LogP contribution >= 0.6 is 0 Å². The van der Waals surface area contributed by atoms with Gasteiger partial charge in [0.05, 0.1) is 13.2 Å². The Bertz CT molecular complexity index is 805. The predicted molar refractivity (Wildman–Crippen MR) is 125 cm³/mol. The molecule has 3 aliphatic heterocycles. The first-order valence-corrected chi connectivity index (χ1v) is 11.8. The van der Waals surface area contributed by atoms with Crippen LogP contribution in [0.2, 0.25) is 0 Å². The molecule has 1 aromatic carbocycles. The maximum absolute atomic E-state index is 5.46. The van der Waals surface area contributed by atoms with Crippen molar-refractivity contribution in [1.82, 2.24) is 15.0 Å². The zero-order valence-electron chi connectivity index (χ0n) is 18.3. The molecule has 1 N–H and O–H groups in total. The van der Waals surface area contributed by atoms with Gasteiger partial charge in [0.1, 0.15) is 0 Å². The van der Waals surface area contributed by atoms with Crippen molar-refractivity contribution in [1.29, 1.82) is 0 Å². The number of ether oxygens (including phenoxy) is 1. The monoisotopic (exact) mass is 423 g/mol. The molecule has 0 bridgehead atoms. The maximum atomic E-state index is 5.46. The van der Waals surface area contributed by atoms with Crippen LogP contribution in [0.25, 0.3) is 0 Å². The van der Waals surface area contributed by atoms with Crippen LogP contribution in [0.3, 0.4) is 0 Å². The number of hydrogen-bond donors (Lipinski definition) is 1. The molecule has 5 rings (SSSR count). The lowest BCUT2D eigenvalue weighted by atomic mass is 10.1. The van der Waals surface area contributed by atoms with E-state index in [0.717, 1.165) is 70.1 Å². The van der Waals surface area contributed by atoms with E-state index in [2.05, 4.69) is 44.3 Å².